The molecular formula is C22H15NO5S. The topological polar surface area (TPSA) is 90.3 Å². The van der Waals surface area contributed by atoms with E-state index in [1.54, 1.807) is 30.3 Å². The molecule has 0 saturated carbocycles. The molecule has 2 aromatic carbocycles. The summed E-state index contributed by atoms with van der Waals surface area (Å²) in [6.45, 7) is 1.39. The molecule has 0 atom stereocenters. The second-order valence-corrected chi connectivity index (χ2v) is 8.39. The second kappa shape index (κ2) is 6.79. The summed E-state index contributed by atoms with van der Waals surface area (Å²) < 4.78 is 27.5. The Hall–Kier alpha value is -3.58. The molecule has 0 radical (unpaired) electrons. The van der Waals surface area contributed by atoms with E-state index < -0.39 is 21.6 Å². The number of hydrogen-bond acceptors (Lipinski definition) is 5. The van der Waals surface area contributed by atoms with Gasteiger partial charge in [0.15, 0.2) is 5.78 Å². The van der Waals surface area contributed by atoms with Gasteiger partial charge in [-0.05, 0) is 36.8 Å². The van der Waals surface area contributed by atoms with Crippen LogP contribution >= 0.6 is 0 Å². The molecule has 0 amide bonds. The predicted molar refractivity (Wildman–Crippen MR) is 107 cm³/mol. The van der Waals surface area contributed by atoms with Gasteiger partial charge in [0.1, 0.15) is 0 Å². The van der Waals surface area contributed by atoms with Crippen molar-refractivity contribution >= 4 is 33.4 Å². The highest BCUT2D eigenvalue weighted by Crippen LogP contribution is 2.34. The van der Waals surface area contributed by atoms with Crippen molar-refractivity contribution in [2.45, 2.75) is 11.8 Å². The minimum Gasteiger partial charge on any atom is -0.295 e. The smallest absolute Gasteiger partial charge is 0.268 e. The van der Waals surface area contributed by atoms with Gasteiger partial charge in [0, 0.05) is 17.3 Å². The number of aromatic nitrogens is 1. The minimum absolute atomic E-state index is 0.0299. The molecule has 0 N–H and O–H groups in total. The monoisotopic (exact) mass is 405 g/mol. The number of benzene rings is 2. The van der Waals surface area contributed by atoms with Crippen molar-refractivity contribution in [2.75, 3.05) is 0 Å². The van der Waals surface area contributed by atoms with Gasteiger partial charge in [-0.2, -0.15) is 0 Å². The fraction of sp³-hybridized carbons (Fsp3) is 0.0455. The molecule has 0 saturated heterocycles. The van der Waals surface area contributed by atoms with Crippen LogP contribution in [-0.4, -0.2) is 29.7 Å². The average molecular weight is 405 g/mol. The number of Topliss-reactive ketones (excluding diaryl/α,β-unsaturated/α-hetero) is 2. The molecule has 3 aromatic rings. The Kier molecular flexibility index (Phi) is 4.39. The van der Waals surface area contributed by atoms with Gasteiger partial charge in [0.2, 0.25) is 11.6 Å². The van der Waals surface area contributed by atoms with Crippen LogP contribution in [-0.2, 0) is 14.8 Å². The first-order valence-corrected chi connectivity index (χ1v) is 10.2. The van der Waals surface area contributed by atoms with Crippen molar-refractivity contribution in [2.24, 2.45) is 0 Å². The van der Waals surface area contributed by atoms with E-state index in [-0.39, 0.29) is 21.9 Å². The highest BCUT2D eigenvalue weighted by atomic mass is 32.2. The Morgan fingerprint density at radius 3 is 2.17 bits per heavy atom. The first-order valence-electron chi connectivity index (χ1n) is 8.75. The van der Waals surface area contributed by atoms with Gasteiger partial charge in [-0.15, -0.1) is 0 Å². The lowest BCUT2D eigenvalue weighted by molar-refractivity contribution is -0.110. The zero-order valence-electron chi connectivity index (χ0n) is 15.3. The van der Waals surface area contributed by atoms with Crippen LogP contribution in [0, 0.1) is 0 Å². The summed E-state index contributed by atoms with van der Waals surface area (Å²) in [7, 11) is -4.06. The van der Waals surface area contributed by atoms with Crippen LogP contribution in [0.2, 0.25) is 0 Å². The van der Waals surface area contributed by atoms with E-state index in [0.717, 1.165) is 10.0 Å². The molecule has 0 fully saturated rings. The number of carbonyl (C=O) groups excluding carboxylic acids is 3. The molecule has 0 bridgehead atoms. The van der Waals surface area contributed by atoms with Crippen LogP contribution in [0.15, 0.2) is 71.8 Å². The molecular weight excluding hydrogens is 390 g/mol. The van der Waals surface area contributed by atoms with Crippen LogP contribution in [0.3, 0.4) is 0 Å². The third-order valence-corrected chi connectivity index (χ3v) is 6.44. The number of nitrogens with zero attached hydrogens (tertiary/aromatic N) is 1. The minimum atomic E-state index is -4.06. The lowest BCUT2D eigenvalue weighted by Gasteiger charge is -2.11. The molecule has 4 rings (SSSR count). The van der Waals surface area contributed by atoms with E-state index in [4.69, 9.17) is 0 Å². The van der Waals surface area contributed by atoms with Crippen LogP contribution in [0.4, 0.5) is 0 Å². The van der Waals surface area contributed by atoms with Crippen LogP contribution in [0.25, 0.3) is 17.2 Å². The van der Waals surface area contributed by atoms with Crippen LogP contribution < -0.4 is 0 Å². The first-order chi connectivity index (χ1) is 13.8. The zero-order chi connectivity index (χ0) is 20.8. The third kappa shape index (κ3) is 3.05. The number of carbonyl (C=O) groups is 3. The fourth-order valence-electron chi connectivity index (χ4n) is 3.26. The maximum atomic E-state index is 13.3. The van der Waals surface area contributed by atoms with Crippen molar-refractivity contribution in [1.82, 2.24) is 3.97 Å². The number of rotatable bonds is 4. The highest BCUT2D eigenvalue weighted by molar-refractivity contribution is 7.90. The van der Waals surface area contributed by atoms with Crippen molar-refractivity contribution in [3.8, 4) is 11.1 Å². The summed E-state index contributed by atoms with van der Waals surface area (Å²) in [6.07, 6.45) is 3.77. The molecule has 29 heavy (non-hydrogen) atoms. The normalized spacial score (nSPS) is 13.4. The molecule has 0 spiro atoms. The van der Waals surface area contributed by atoms with E-state index in [9.17, 15) is 22.8 Å². The third-order valence-electron chi connectivity index (χ3n) is 4.76. The summed E-state index contributed by atoms with van der Waals surface area (Å²) in [5, 5.41) is 0. The lowest BCUT2D eigenvalue weighted by atomic mass is 9.94. The molecule has 1 aromatic heterocycles. The average Bonchev–Trinajstić information content (AvgIpc) is 3.12. The Morgan fingerprint density at radius 2 is 1.55 bits per heavy atom. The molecule has 1 heterocycles. The van der Waals surface area contributed by atoms with E-state index in [2.05, 4.69) is 0 Å². The Morgan fingerprint density at radius 1 is 0.897 bits per heavy atom. The molecule has 144 valence electrons. The van der Waals surface area contributed by atoms with E-state index in [1.165, 1.54) is 43.5 Å². The first kappa shape index (κ1) is 18.8. The molecule has 6 nitrogen and oxygen atoms in total. The Bertz CT molecular complexity index is 1300. The number of ketones is 3. The maximum Gasteiger partial charge on any atom is 0.268 e. The van der Waals surface area contributed by atoms with Crippen molar-refractivity contribution < 1.29 is 22.8 Å². The summed E-state index contributed by atoms with van der Waals surface area (Å²) in [4.78, 5) is 35.9. The second-order valence-electron chi connectivity index (χ2n) is 6.58. The molecule has 1 aliphatic carbocycles. The maximum absolute atomic E-state index is 13.3. The zero-order valence-corrected chi connectivity index (χ0v) is 16.1. The van der Waals surface area contributed by atoms with E-state index >= 15 is 0 Å². The van der Waals surface area contributed by atoms with Crippen molar-refractivity contribution in [1.29, 1.82) is 0 Å². The highest BCUT2D eigenvalue weighted by Gasteiger charge is 2.32. The van der Waals surface area contributed by atoms with Gasteiger partial charge in [0.05, 0.1) is 16.2 Å². The van der Waals surface area contributed by atoms with E-state index in [0.29, 0.717) is 16.7 Å². The van der Waals surface area contributed by atoms with E-state index in [1.807, 2.05) is 0 Å². The van der Waals surface area contributed by atoms with Gasteiger partial charge < -0.3 is 0 Å². The lowest BCUT2D eigenvalue weighted by Crippen LogP contribution is -2.20. The number of hydrogen-bond donors (Lipinski definition) is 0. The molecule has 0 unspecified atom stereocenters. The van der Waals surface area contributed by atoms with Gasteiger partial charge in [-0.3, -0.25) is 14.4 Å². The van der Waals surface area contributed by atoms with Crippen molar-refractivity contribution in [3.05, 3.63) is 83.7 Å². The van der Waals surface area contributed by atoms with Gasteiger partial charge in [-0.25, -0.2) is 12.4 Å². The summed E-state index contributed by atoms with van der Waals surface area (Å²) in [5.41, 5.74) is 1.58. The summed E-state index contributed by atoms with van der Waals surface area (Å²) in [6, 6.07) is 14.4. The molecule has 1 aliphatic rings. The van der Waals surface area contributed by atoms with Crippen molar-refractivity contribution in [3.63, 3.8) is 0 Å². The van der Waals surface area contributed by atoms with Gasteiger partial charge in [0.25, 0.3) is 10.0 Å². The standard InChI is InChI=1S/C22H15NO5S/c1-14(24)15-7-9-17(10-8-15)29(27,28)23-13-18(16-5-3-2-4-6-16)21-19(23)11-12-20(25)22(21)26/h2-13H,1H3. The quantitative estimate of drug-likeness (QED) is 0.490. The summed E-state index contributed by atoms with van der Waals surface area (Å²) in [5.74, 6) is -1.62. The summed E-state index contributed by atoms with van der Waals surface area (Å²) >= 11 is 0. The Labute approximate surface area is 167 Å². The van der Waals surface area contributed by atoms with Gasteiger partial charge in [-0.1, -0.05) is 42.5 Å². The Balaban J connectivity index is 1.94. The predicted octanol–water partition coefficient (Wildman–Crippen LogP) is 3.37. The SMILES string of the molecule is CC(=O)c1ccc(S(=O)(=O)n2cc(-c3ccccc3)c3c2C=CC(=O)C3=O)cc1. The number of allylic oxidation sites excluding steroid dienone is 1. The van der Waals surface area contributed by atoms with Crippen LogP contribution in [0.5, 0.6) is 0 Å². The number of fused-ring (bicyclic) bond motifs is 1. The molecule has 7 heteroatoms. The fourth-order valence-corrected chi connectivity index (χ4v) is 4.62. The van der Waals surface area contributed by atoms with Crippen LogP contribution in [0.1, 0.15) is 33.3 Å². The van der Waals surface area contributed by atoms with Gasteiger partial charge >= 0.3 is 0 Å². The molecule has 0 aliphatic heterocycles. The largest absolute Gasteiger partial charge is 0.295 e.